The van der Waals surface area contributed by atoms with Gasteiger partial charge in [0.2, 0.25) is 17.7 Å². The number of rotatable bonds is 10. The Morgan fingerprint density at radius 2 is 1.60 bits per heavy atom. The van der Waals surface area contributed by atoms with Crippen LogP contribution in [-0.2, 0) is 27.5 Å². The number of hydrogen-bond donors (Lipinski definition) is 4. The Kier molecular flexibility index (Phi) is 9.77. The van der Waals surface area contributed by atoms with Crippen LogP contribution in [0.2, 0.25) is 0 Å². The molecule has 2 aromatic rings. The Bertz CT molecular complexity index is 1050. The van der Waals surface area contributed by atoms with Gasteiger partial charge < -0.3 is 31.7 Å². The lowest BCUT2D eigenvalue weighted by atomic mass is 10.0. The van der Waals surface area contributed by atoms with Crippen LogP contribution in [0.4, 0.5) is 10.5 Å². The summed E-state index contributed by atoms with van der Waals surface area (Å²) >= 11 is 0. The van der Waals surface area contributed by atoms with Gasteiger partial charge in [-0.15, -0.1) is 0 Å². The fourth-order valence-corrected chi connectivity index (χ4v) is 3.09. The molecule has 10 heteroatoms. The van der Waals surface area contributed by atoms with Crippen LogP contribution in [0.5, 0.6) is 0 Å². The van der Waals surface area contributed by atoms with E-state index in [0.717, 1.165) is 0 Å². The van der Waals surface area contributed by atoms with Gasteiger partial charge in [-0.1, -0.05) is 44.2 Å². The van der Waals surface area contributed by atoms with E-state index < -0.39 is 24.1 Å². The van der Waals surface area contributed by atoms with Crippen molar-refractivity contribution >= 4 is 29.5 Å². The second kappa shape index (κ2) is 12.5. The number of nitrogens with one attached hydrogen (secondary N) is 2. The summed E-state index contributed by atoms with van der Waals surface area (Å²) < 4.78 is 5.33. The summed E-state index contributed by atoms with van der Waals surface area (Å²) in [6, 6.07) is 12.1. The predicted molar refractivity (Wildman–Crippen MR) is 132 cm³/mol. The quantitative estimate of drug-likeness (QED) is 0.405. The van der Waals surface area contributed by atoms with Crippen molar-refractivity contribution in [3.8, 4) is 0 Å². The van der Waals surface area contributed by atoms with Gasteiger partial charge in [0.1, 0.15) is 12.6 Å². The van der Waals surface area contributed by atoms with Gasteiger partial charge in [0.25, 0.3) is 0 Å². The first-order valence-electron chi connectivity index (χ1n) is 11.2. The first-order valence-corrected chi connectivity index (χ1v) is 11.2. The summed E-state index contributed by atoms with van der Waals surface area (Å²) in [6.45, 7) is 5.42. The molecule has 0 aliphatic carbocycles. The Labute approximate surface area is 205 Å². The second-order valence-electron chi connectivity index (χ2n) is 8.62. The molecule has 0 aromatic heterocycles. The molecule has 0 spiro atoms. The average Bonchev–Trinajstić information content (AvgIpc) is 2.82. The summed E-state index contributed by atoms with van der Waals surface area (Å²) in [5, 5.41) is 5.32. The zero-order valence-corrected chi connectivity index (χ0v) is 20.4. The third-order valence-corrected chi connectivity index (χ3v) is 5.36. The average molecular weight is 484 g/mol. The van der Waals surface area contributed by atoms with Crippen molar-refractivity contribution in [1.29, 1.82) is 0 Å². The van der Waals surface area contributed by atoms with Crippen LogP contribution in [0.15, 0.2) is 48.5 Å². The SMILES string of the molecule is CC(C)[C@H](N)C(=O)N[C@@H](C)C(=O)Nc1ccc(COC(=O)N(C)Cc2ccccc2C(N)=O)cc1. The number of anilines is 1. The molecule has 0 saturated heterocycles. The first-order chi connectivity index (χ1) is 16.5. The highest BCUT2D eigenvalue weighted by molar-refractivity contribution is 5.97. The lowest BCUT2D eigenvalue weighted by Crippen LogP contribution is -2.50. The van der Waals surface area contributed by atoms with Crippen molar-refractivity contribution in [1.82, 2.24) is 10.2 Å². The number of carbonyl (C=O) groups excluding carboxylic acids is 4. The summed E-state index contributed by atoms with van der Waals surface area (Å²) in [5.74, 6) is -1.38. The third-order valence-electron chi connectivity index (χ3n) is 5.36. The van der Waals surface area contributed by atoms with Crippen LogP contribution in [0, 0.1) is 5.92 Å². The summed E-state index contributed by atoms with van der Waals surface area (Å²) in [6.07, 6.45) is -0.564. The maximum atomic E-state index is 12.4. The normalized spacial score (nSPS) is 12.4. The minimum absolute atomic E-state index is 0.0222. The minimum atomic E-state index is -0.761. The largest absolute Gasteiger partial charge is 0.445 e. The van der Waals surface area contributed by atoms with Crippen LogP contribution in [0.1, 0.15) is 42.3 Å². The van der Waals surface area contributed by atoms with E-state index in [9.17, 15) is 19.2 Å². The fraction of sp³-hybridized carbons (Fsp3) is 0.360. The molecule has 0 aliphatic rings. The highest BCUT2D eigenvalue weighted by Crippen LogP contribution is 2.14. The van der Waals surface area contributed by atoms with Crippen LogP contribution in [0.25, 0.3) is 0 Å². The molecule has 2 atom stereocenters. The van der Waals surface area contributed by atoms with E-state index in [-0.39, 0.29) is 30.9 Å². The van der Waals surface area contributed by atoms with Gasteiger partial charge in [-0.3, -0.25) is 14.4 Å². The van der Waals surface area contributed by atoms with Crippen molar-refractivity contribution < 1.29 is 23.9 Å². The van der Waals surface area contributed by atoms with Crippen molar-refractivity contribution in [2.45, 2.75) is 46.0 Å². The summed E-state index contributed by atoms with van der Waals surface area (Å²) in [4.78, 5) is 49.6. The Morgan fingerprint density at radius 3 is 2.20 bits per heavy atom. The monoisotopic (exact) mass is 483 g/mol. The van der Waals surface area contributed by atoms with Gasteiger partial charge in [0.05, 0.1) is 6.04 Å². The molecular formula is C25H33N5O5. The standard InChI is InChI=1S/C25H33N5O5/c1-15(2)21(26)24(33)28-16(3)23(32)29-19-11-9-17(10-12-19)14-35-25(34)30(4)13-18-7-5-6-8-20(18)22(27)31/h5-12,15-16,21H,13-14,26H2,1-4H3,(H2,27,31)(H,28,33)(H,29,32)/t16-,21-/m0/s1. The van der Waals surface area contributed by atoms with Crippen LogP contribution in [0.3, 0.4) is 0 Å². The van der Waals surface area contributed by atoms with Gasteiger partial charge in [0.15, 0.2) is 0 Å². The fourth-order valence-electron chi connectivity index (χ4n) is 3.09. The lowest BCUT2D eigenvalue weighted by molar-refractivity contribution is -0.127. The topological polar surface area (TPSA) is 157 Å². The van der Waals surface area contributed by atoms with E-state index in [1.54, 1.807) is 62.5 Å². The molecule has 0 aliphatic heterocycles. The van der Waals surface area contributed by atoms with Crippen molar-refractivity contribution in [3.05, 3.63) is 65.2 Å². The molecule has 10 nitrogen and oxygen atoms in total. The Morgan fingerprint density at radius 1 is 0.971 bits per heavy atom. The molecule has 0 bridgehead atoms. The number of hydrogen-bond acceptors (Lipinski definition) is 6. The maximum absolute atomic E-state index is 12.4. The molecule has 4 amide bonds. The number of nitrogens with two attached hydrogens (primary N) is 2. The summed E-state index contributed by atoms with van der Waals surface area (Å²) in [7, 11) is 1.56. The predicted octanol–water partition coefficient (Wildman–Crippen LogP) is 1.98. The zero-order valence-electron chi connectivity index (χ0n) is 20.4. The number of primary amides is 1. The molecule has 0 saturated carbocycles. The Balaban J connectivity index is 1.85. The van der Waals surface area contributed by atoms with E-state index in [4.69, 9.17) is 16.2 Å². The molecule has 188 valence electrons. The number of ether oxygens (including phenoxy) is 1. The molecule has 6 N–H and O–H groups in total. The van der Waals surface area contributed by atoms with E-state index >= 15 is 0 Å². The van der Waals surface area contributed by atoms with Crippen LogP contribution in [-0.4, -0.2) is 47.8 Å². The maximum Gasteiger partial charge on any atom is 0.410 e. The van der Waals surface area contributed by atoms with E-state index in [0.29, 0.717) is 22.4 Å². The molecule has 0 fully saturated rings. The number of benzene rings is 2. The molecule has 2 aromatic carbocycles. The van der Waals surface area contributed by atoms with E-state index in [1.165, 1.54) is 4.90 Å². The molecule has 0 radical (unpaired) electrons. The van der Waals surface area contributed by atoms with Crippen molar-refractivity contribution in [2.24, 2.45) is 17.4 Å². The van der Waals surface area contributed by atoms with E-state index in [2.05, 4.69) is 10.6 Å². The van der Waals surface area contributed by atoms with E-state index in [1.807, 2.05) is 13.8 Å². The van der Waals surface area contributed by atoms with Crippen molar-refractivity contribution in [2.75, 3.05) is 12.4 Å². The van der Waals surface area contributed by atoms with Crippen LogP contribution < -0.4 is 22.1 Å². The highest BCUT2D eigenvalue weighted by atomic mass is 16.6. The number of amides is 4. The van der Waals surface area contributed by atoms with Crippen molar-refractivity contribution in [3.63, 3.8) is 0 Å². The molecule has 2 rings (SSSR count). The molecule has 35 heavy (non-hydrogen) atoms. The number of carbonyl (C=O) groups is 4. The molecule has 0 heterocycles. The Hall–Kier alpha value is -3.92. The zero-order chi connectivity index (χ0) is 26.1. The summed E-state index contributed by atoms with van der Waals surface area (Å²) in [5.41, 5.74) is 13.4. The lowest BCUT2D eigenvalue weighted by Gasteiger charge is -2.19. The second-order valence-corrected chi connectivity index (χ2v) is 8.62. The molecular weight excluding hydrogens is 450 g/mol. The molecule has 0 unspecified atom stereocenters. The smallest absolute Gasteiger partial charge is 0.410 e. The first kappa shape index (κ1) is 27.3. The van der Waals surface area contributed by atoms with Gasteiger partial charge in [0, 0.05) is 24.8 Å². The highest BCUT2D eigenvalue weighted by Gasteiger charge is 2.22. The number of nitrogens with zero attached hydrogens (tertiary/aromatic N) is 1. The minimum Gasteiger partial charge on any atom is -0.445 e. The van der Waals surface area contributed by atoms with Gasteiger partial charge >= 0.3 is 6.09 Å². The van der Waals surface area contributed by atoms with Gasteiger partial charge in [-0.25, -0.2) is 4.79 Å². The third kappa shape index (κ3) is 8.11. The van der Waals surface area contributed by atoms with Crippen LogP contribution >= 0.6 is 0 Å². The van der Waals surface area contributed by atoms with Gasteiger partial charge in [-0.2, -0.15) is 0 Å². The van der Waals surface area contributed by atoms with Gasteiger partial charge in [-0.05, 0) is 42.2 Å².